The quantitative estimate of drug-likeness (QED) is 0.872. The van der Waals surface area contributed by atoms with E-state index in [9.17, 15) is 18.0 Å². The first-order chi connectivity index (χ1) is 9.34. The van der Waals surface area contributed by atoms with Crippen LogP contribution in [0.3, 0.4) is 0 Å². The molecular formula is C13H7F3O4. The molecule has 2 aromatic rings. The average Bonchev–Trinajstić information content (AvgIpc) is 2.77. The second-order valence-electron chi connectivity index (χ2n) is 4.30. The molecule has 3 rings (SSSR count). The third-order valence-corrected chi connectivity index (χ3v) is 2.92. The van der Waals surface area contributed by atoms with Gasteiger partial charge >= 0.3 is 12.1 Å². The molecule has 4 nitrogen and oxygen atoms in total. The monoisotopic (exact) mass is 284 g/mol. The highest BCUT2D eigenvalue weighted by molar-refractivity contribution is 5.95. The summed E-state index contributed by atoms with van der Waals surface area (Å²) in [6, 6.07) is 3.62. The van der Waals surface area contributed by atoms with Crippen LogP contribution < -0.4 is 4.74 Å². The minimum Gasteiger partial charge on any atom is -0.488 e. The van der Waals surface area contributed by atoms with Crippen LogP contribution in [-0.2, 0) is 11.0 Å². The van der Waals surface area contributed by atoms with Crippen LogP contribution in [0.4, 0.5) is 13.2 Å². The van der Waals surface area contributed by atoms with Crippen molar-refractivity contribution in [2.45, 2.75) is 6.18 Å². The standard InChI is InChI=1S/C13H7F3O4/c14-13(15,16)11-4-7-2-9-6(3-10(7)20-11)1-8(5-19-9)12(17)18/h1-4H,5H2,(H,17,18). The zero-order valence-electron chi connectivity index (χ0n) is 9.82. The topological polar surface area (TPSA) is 59.7 Å². The number of fused-ring (bicyclic) bond motifs is 2. The van der Waals surface area contributed by atoms with Gasteiger partial charge in [0.15, 0.2) is 0 Å². The minimum atomic E-state index is -4.57. The number of ether oxygens (including phenoxy) is 1. The molecule has 2 heterocycles. The highest BCUT2D eigenvalue weighted by atomic mass is 19.4. The van der Waals surface area contributed by atoms with Crippen molar-refractivity contribution in [3.8, 4) is 5.75 Å². The Hall–Kier alpha value is -2.44. The zero-order valence-corrected chi connectivity index (χ0v) is 9.82. The number of carbonyl (C=O) groups is 1. The van der Waals surface area contributed by atoms with E-state index in [4.69, 9.17) is 14.3 Å². The predicted octanol–water partition coefficient (Wildman–Crippen LogP) is 3.31. The minimum absolute atomic E-state index is 0.0273. The summed E-state index contributed by atoms with van der Waals surface area (Å²) < 4.78 is 47.6. The van der Waals surface area contributed by atoms with E-state index in [2.05, 4.69) is 0 Å². The molecule has 1 N–H and O–H groups in total. The molecule has 0 atom stereocenters. The zero-order chi connectivity index (χ0) is 14.5. The Morgan fingerprint density at radius 2 is 2.00 bits per heavy atom. The third kappa shape index (κ3) is 2.01. The first-order valence-corrected chi connectivity index (χ1v) is 5.56. The molecule has 104 valence electrons. The van der Waals surface area contributed by atoms with Gasteiger partial charge in [0.25, 0.3) is 0 Å². The summed E-state index contributed by atoms with van der Waals surface area (Å²) >= 11 is 0. The Morgan fingerprint density at radius 1 is 1.25 bits per heavy atom. The Kier molecular flexibility index (Phi) is 2.53. The van der Waals surface area contributed by atoms with Gasteiger partial charge in [0, 0.05) is 10.9 Å². The lowest BCUT2D eigenvalue weighted by Crippen LogP contribution is -2.13. The predicted molar refractivity (Wildman–Crippen MR) is 62.3 cm³/mol. The van der Waals surface area contributed by atoms with Crippen LogP contribution in [0.1, 0.15) is 11.3 Å². The van der Waals surface area contributed by atoms with Gasteiger partial charge in [-0.3, -0.25) is 0 Å². The van der Waals surface area contributed by atoms with Gasteiger partial charge in [0.2, 0.25) is 5.76 Å². The fourth-order valence-corrected chi connectivity index (χ4v) is 1.97. The molecule has 0 aliphatic carbocycles. The summed E-state index contributed by atoms with van der Waals surface area (Å²) in [5, 5.41) is 9.12. The van der Waals surface area contributed by atoms with Gasteiger partial charge in [0.05, 0.1) is 5.57 Å². The Labute approximate surface area is 110 Å². The number of benzene rings is 1. The van der Waals surface area contributed by atoms with E-state index < -0.39 is 17.9 Å². The number of aliphatic carboxylic acids is 1. The van der Waals surface area contributed by atoms with Gasteiger partial charge < -0.3 is 14.3 Å². The maximum atomic E-state index is 12.6. The molecule has 1 aromatic carbocycles. The molecule has 0 bridgehead atoms. The Bertz CT molecular complexity index is 740. The van der Waals surface area contributed by atoms with Crippen LogP contribution in [-0.4, -0.2) is 17.7 Å². The van der Waals surface area contributed by atoms with E-state index in [1.807, 2.05) is 0 Å². The van der Waals surface area contributed by atoms with Crippen LogP contribution in [0.15, 0.2) is 28.2 Å². The smallest absolute Gasteiger partial charge is 0.449 e. The molecule has 1 aliphatic heterocycles. The third-order valence-electron chi connectivity index (χ3n) is 2.92. The molecule has 20 heavy (non-hydrogen) atoms. The van der Waals surface area contributed by atoms with Crippen molar-refractivity contribution in [3.63, 3.8) is 0 Å². The number of carboxylic acids is 1. The molecule has 0 unspecified atom stereocenters. The fraction of sp³-hybridized carbons (Fsp3) is 0.154. The maximum absolute atomic E-state index is 12.6. The lowest BCUT2D eigenvalue weighted by Gasteiger charge is -2.15. The average molecular weight is 284 g/mol. The van der Waals surface area contributed by atoms with Crippen molar-refractivity contribution < 1.29 is 32.2 Å². The van der Waals surface area contributed by atoms with E-state index in [0.717, 1.165) is 6.07 Å². The van der Waals surface area contributed by atoms with E-state index in [1.165, 1.54) is 18.2 Å². The number of rotatable bonds is 1. The second kappa shape index (κ2) is 4.03. The first-order valence-electron chi connectivity index (χ1n) is 5.56. The summed E-state index contributed by atoms with van der Waals surface area (Å²) in [4.78, 5) is 10.8. The van der Waals surface area contributed by atoms with Crippen molar-refractivity contribution in [2.75, 3.05) is 6.61 Å². The van der Waals surface area contributed by atoms with Crippen molar-refractivity contribution in [1.29, 1.82) is 0 Å². The molecule has 0 amide bonds. The van der Waals surface area contributed by atoms with E-state index in [0.29, 0.717) is 11.3 Å². The van der Waals surface area contributed by atoms with Gasteiger partial charge in [-0.2, -0.15) is 13.2 Å². The number of halogens is 3. The summed E-state index contributed by atoms with van der Waals surface area (Å²) in [6.45, 7) is -0.127. The molecule has 0 saturated carbocycles. The summed E-state index contributed by atoms with van der Waals surface area (Å²) in [7, 11) is 0. The van der Waals surface area contributed by atoms with Gasteiger partial charge in [-0.05, 0) is 24.3 Å². The molecule has 1 aromatic heterocycles. The normalized spacial score (nSPS) is 14.7. The molecule has 0 radical (unpaired) electrons. The van der Waals surface area contributed by atoms with Crippen LogP contribution in [0.25, 0.3) is 17.0 Å². The summed E-state index contributed by atoms with van der Waals surface area (Å²) in [5.41, 5.74) is 0.436. The van der Waals surface area contributed by atoms with Crippen molar-refractivity contribution in [1.82, 2.24) is 0 Å². The molecule has 1 aliphatic rings. The number of alkyl halides is 3. The van der Waals surface area contributed by atoms with Crippen molar-refractivity contribution in [2.24, 2.45) is 0 Å². The molecule has 0 fully saturated rings. The highest BCUT2D eigenvalue weighted by Gasteiger charge is 2.35. The Morgan fingerprint density at radius 3 is 2.65 bits per heavy atom. The van der Waals surface area contributed by atoms with Gasteiger partial charge in [-0.15, -0.1) is 0 Å². The van der Waals surface area contributed by atoms with Crippen molar-refractivity contribution >= 4 is 23.0 Å². The molecule has 0 saturated heterocycles. The van der Waals surface area contributed by atoms with Gasteiger partial charge in [-0.1, -0.05) is 0 Å². The molecule has 0 spiro atoms. The number of furan rings is 1. The van der Waals surface area contributed by atoms with Crippen LogP contribution in [0.2, 0.25) is 0 Å². The largest absolute Gasteiger partial charge is 0.488 e. The number of hydrogen-bond donors (Lipinski definition) is 1. The first kappa shape index (κ1) is 12.6. The Balaban J connectivity index is 2.14. The van der Waals surface area contributed by atoms with E-state index >= 15 is 0 Å². The van der Waals surface area contributed by atoms with Gasteiger partial charge in [-0.25, -0.2) is 4.79 Å². The van der Waals surface area contributed by atoms with Crippen LogP contribution in [0, 0.1) is 0 Å². The van der Waals surface area contributed by atoms with E-state index in [-0.39, 0.29) is 23.1 Å². The molecule has 7 heteroatoms. The fourth-order valence-electron chi connectivity index (χ4n) is 1.97. The lowest BCUT2D eigenvalue weighted by atomic mass is 10.1. The summed E-state index contributed by atoms with van der Waals surface area (Å²) in [5.74, 6) is -1.90. The van der Waals surface area contributed by atoms with Crippen molar-refractivity contribution in [3.05, 3.63) is 35.1 Å². The van der Waals surface area contributed by atoms with E-state index in [1.54, 1.807) is 0 Å². The van der Waals surface area contributed by atoms with Gasteiger partial charge in [0.1, 0.15) is 17.9 Å². The second-order valence-corrected chi connectivity index (χ2v) is 4.30. The van der Waals surface area contributed by atoms with Crippen LogP contribution >= 0.6 is 0 Å². The number of carboxylic acid groups (broad SMARTS) is 1. The SMILES string of the molecule is O=C(O)C1=Cc2cc3oc(C(F)(F)F)cc3cc2OC1. The maximum Gasteiger partial charge on any atom is 0.449 e. The highest BCUT2D eigenvalue weighted by Crippen LogP contribution is 2.37. The molecular weight excluding hydrogens is 277 g/mol. The number of hydrogen-bond acceptors (Lipinski definition) is 3. The summed E-state index contributed by atoms with van der Waals surface area (Å²) in [6.07, 6.45) is -3.21. The lowest BCUT2D eigenvalue weighted by molar-refractivity contribution is -0.152. The van der Waals surface area contributed by atoms with Crippen LogP contribution in [0.5, 0.6) is 5.75 Å².